The fourth-order valence-corrected chi connectivity index (χ4v) is 2.22. The number of carbonyl (C=O) groups is 1. The van der Waals surface area contributed by atoms with Crippen LogP contribution in [0.1, 0.15) is 28.4 Å². The summed E-state index contributed by atoms with van der Waals surface area (Å²) in [5.74, 6) is 0.474. The Morgan fingerprint density at radius 3 is 2.74 bits per heavy atom. The standard InChI is InChI=1S/C20H20O3/c1-4-11-23-19-8-6-5-7-16(19)13-15(3)20(22)17-12-14(2)9-10-18(17)21/h4-10,12-13,21H,1,11H2,2-3H3/b15-13+. The van der Waals surface area contributed by atoms with E-state index in [9.17, 15) is 9.90 Å². The van der Waals surface area contributed by atoms with E-state index in [4.69, 9.17) is 4.74 Å². The van der Waals surface area contributed by atoms with E-state index in [2.05, 4.69) is 6.58 Å². The van der Waals surface area contributed by atoms with E-state index < -0.39 is 0 Å². The molecule has 0 bridgehead atoms. The van der Waals surface area contributed by atoms with Crippen LogP contribution in [0, 0.1) is 6.92 Å². The van der Waals surface area contributed by atoms with Crippen LogP contribution < -0.4 is 4.74 Å². The quantitative estimate of drug-likeness (QED) is 0.484. The summed E-state index contributed by atoms with van der Waals surface area (Å²) in [4.78, 5) is 12.6. The van der Waals surface area contributed by atoms with Gasteiger partial charge in [0.05, 0.1) is 5.56 Å². The highest BCUT2D eigenvalue weighted by Gasteiger charge is 2.14. The lowest BCUT2D eigenvalue weighted by Gasteiger charge is -2.09. The summed E-state index contributed by atoms with van der Waals surface area (Å²) in [5, 5.41) is 9.91. The molecule has 0 spiro atoms. The predicted octanol–water partition coefficient (Wildman–Crippen LogP) is 4.55. The van der Waals surface area contributed by atoms with Crippen molar-refractivity contribution in [2.75, 3.05) is 6.61 Å². The van der Waals surface area contributed by atoms with Gasteiger partial charge < -0.3 is 9.84 Å². The molecule has 118 valence electrons. The van der Waals surface area contributed by atoms with E-state index in [-0.39, 0.29) is 11.5 Å². The highest BCUT2D eigenvalue weighted by Crippen LogP contribution is 2.25. The number of hydrogen-bond acceptors (Lipinski definition) is 3. The molecule has 0 heterocycles. The van der Waals surface area contributed by atoms with Crippen molar-refractivity contribution in [2.45, 2.75) is 13.8 Å². The zero-order valence-electron chi connectivity index (χ0n) is 13.4. The van der Waals surface area contributed by atoms with Gasteiger partial charge in [0.25, 0.3) is 0 Å². The first-order valence-corrected chi connectivity index (χ1v) is 7.38. The normalized spacial score (nSPS) is 11.1. The first kappa shape index (κ1) is 16.6. The molecule has 2 aromatic rings. The average molecular weight is 308 g/mol. The Morgan fingerprint density at radius 1 is 1.26 bits per heavy atom. The Bertz CT molecular complexity index is 757. The van der Waals surface area contributed by atoms with E-state index in [1.807, 2.05) is 31.2 Å². The number of hydrogen-bond donors (Lipinski definition) is 1. The van der Waals surface area contributed by atoms with E-state index >= 15 is 0 Å². The van der Waals surface area contributed by atoms with E-state index in [0.29, 0.717) is 23.5 Å². The smallest absolute Gasteiger partial charge is 0.192 e. The average Bonchev–Trinajstić information content (AvgIpc) is 2.55. The van der Waals surface area contributed by atoms with Crippen molar-refractivity contribution in [1.82, 2.24) is 0 Å². The molecular formula is C20H20O3. The van der Waals surface area contributed by atoms with Crippen molar-refractivity contribution in [1.29, 1.82) is 0 Å². The van der Waals surface area contributed by atoms with E-state index in [0.717, 1.165) is 11.1 Å². The highest BCUT2D eigenvalue weighted by molar-refractivity contribution is 6.12. The molecule has 0 aromatic heterocycles. The van der Waals surface area contributed by atoms with Gasteiger partial charge in [-0.3, -0.25) is 4.79 Å². The second-order valence-corrected chi connectivity index (χ2v) is 5.31. The van der Waals surface area contributed by atoms with Gasteiger partial charge >= 0.3 is 0 Å². The molecule has 0 saturated heterocycles. The maximum absolute atomic E-state index is 12.6. The molecule has 0 aliphatic rings. The Kier molecular flexibility index (Phi) is 5.36. The van der Waals surface area contributed by atoms with Crippen LogP contribution in [-0.2, 0) is 0 Å². The third-order valence-electron chi connectivity index (χ3n) is 3.40. The van der Waals surface area contributed by atoms with Crippen molar-refractivity contribution in [3.8, 4) is 11.5 Å². The SMILES string of the molecule is C=CCOc1ccccc1/C=C(\C)C(=O)c1cc(C)ccc1O. The van der Waals surface area contributed by atoms with Crippen LogP contribution in [0.15, 0.2) is 60.7 Å². The summed E-state index contributed by atoms with van der Waals surface area (Å²) in [6, 6.07) is 12.5. The molecule has 1 N–H and O–H groups in total. The minimum absolute atomic E-state index is 0.00968. The topological polar surface area (TPSA) is 46.5 Å². The lowest BCUT2D eigenvalue weighted by molar-refractivity contribution is 0.103. The zero-order valence-corrected chi connectivity index (χ0v) is 13.4. The molecule has 0 radical (unpaired) electrons. The summed E-state index contributed by atoms with van der Waals surface area (Å²) in [6.07, 6.45) is 3.44. The summed E-state index contributed by atoms with van der Waals surface area (Å²) >= 11 is 0. The molecule has 2 aromatic carbocycles. The Balaban J connectivity index is 2.34. The van der Waals surface area contributed by atoms with Crippen molar-refractivity contribution in [3.63, 3.8) is 0 Å². The number of phenols is 1. The fraction of sp³-hybridized carbons (Fsp3) is 0.150. The molecule has 0 saturated carbocycles. The van der Waals surface area contributed by atoms with Gasteiger partial charge in [-0.25, -0.2) is 0 Å². The Hall–Kier alpha value is -2.81. The van der Waals surface area contributed by atoms with Gasteiger partial charge in [-0.2, -0.15) is 0 Å². The van der Waals surface area contributed by atoms with Crippen molar-refractivity contribution in [2.24, 2.45) is 0 Å². The molecule has 0 aliphatic carbocycles. The molecule has 0 unspecified atom stereocenters. The minimum Gasteiger partial charge on any atom is -0.507 e. The number of benzene rings is 2. The molecule has 0 aliphatic heterocycles. The molecule has 0 fully saturated rings. The summed E-state index contributed by atoms with van der Waals surface area (Å²) < 4.78 is 5.59. The monoisotopic (exact) mass is 308 g/mol. The molecular weight excluding hydrogens is 288 g/mol. The Labute approximate surface area is 136 Å². The number of allylic oxidation sites excluding steroid dienone is 1. The minimum atomic E-state index is -0.204. The molecule has 0 amide bonds. The van der Waals surface area contributed by atoms with Gasteiger partial charge in [-0.05, 0) is 43.7 Å². The van der Waals surface area contributed by atoms with Crippen LogP contribution >= 0.6 is 0 Å². The van der Waals surface area contributed by atoms with E-state index in [1.165, 1.54) is 6.07 Å². The van der Waals surface area contributed by atoms with Crippen LogP contribution in [0.5, 0.6) is 11.5 Å². The number of rotatable bonds is 6. The number of aromatic hydroxyl groups is 1. The maximum atomic E-state index is 12.6. The van der Waals surface area contributed by atoms with Crippen LogP contribution in [0.3, 0.4) is 0 Å². The van der Waals surface area contributed by atoms with Crippen molar-refractivity contribution < 1.29 is 14.6 Å². The number of ketones is 1. The van der Waals surface area contributed by atoms with Crippen molar-refractivity contribution >= 4 is 11.9 Å². The first-order chi connectivity index (χ1) is 11.0. The van der Waals surface area contributed by atoms with Gasteiger partial charge in [0, 0.05) is 5.56 Å². The number of para-hydroxylation sites is 1. The molecule has 2 rings (SSSR count). The second-order valence-electron chi connectivity index (χ2n) is 5.31. The molecule has 3 heteroatoms. The number of phenolic OH excluding ortho intramolecular Hbond substituents is 1. The third-order valence-corrected chi connectivity index (χ3v) is 3.40. The van der Waals surface area contributed by atoms with E-state index in [1.54, 1.807) is 31.2 Å². The summed E-state index contributed by atoms with van der Waals surface area (Å²) in [6.45, 7) is 7.64. The summed E-state index contributed by atoms with van der Waals surface area (Å²) in [7, 11) is 0. The number of ether oxygens (including phenoxy) is 1. The lowest BCUT2D eigenvalue weighted by Crippen LogP contribution is -2.02. The first-order valence-electron chi connectivity index (χ1n) is 7.38. The fourth-order valence-electron chi connectivity index (χ4n) is 2.22. The Morgan fingerprint density at radius 2 is 2.00 bits per heavy atom. The maximum Gasteiger partial charge on any atom is 0.192 e. The van der Waals surface area contributed by atoms with Crippen LogP contribution in [0.25, 0.3) is 6.08 Å². The molecule has 3 nitrogen and oxygen atoms in total. The lowest BCUT2D eigenvalue weighted by atomic mass is 9.99. The van der Waals surface area contributed by atoms with Crippen LogP contribution in [0.2, 0.25) is 0 Å². The number of carbonyl (C=O) groups excluding carboxylic acids is 1. The predicted molar refractivity (Wildman–Crippen MR) is 93.0 cm³/mol. The van der Waals surface area contributed by atoms with Crippen molar-refractivity contribution in [3.05, 3.63) is 77.4 Å². The van der Waals surface area contributed by atoms with Gasteiger partial charge in [0.2, 0.25) is 0 Å². The number of Topliss-reactive ketones (excluding diaryl/α,β-unsaturated/α-hetero) is 1. The zero-order chi connectivity index (χ0) is 16.8. The third kappa shape index (κ3) is 4.10. The summed E-state index contributed by atoms with van der Waals surface area (Å²) in [5.41, 5.74) is 2.57. The molecule has 23 heavy (non-hydrogen) atoms. The molecule has 0 atom stereocenters. The number of aryl methyl sites for hydroxylation is 1. The second kappa shape index (κ2) is 7.45. The van der Waals surface area contributed by atoms with Gasteiger partial charge in [-0.1, -0.05) is 42.5 Å². The largest absolute Gasteiger partial charge is 0.507 e. The van der Waals surface area contributed by atoms with Gasteiger partial charge in [0.1, 0.15) is 18.1 Å². The van der Waals surface area contributed by atoms with Gasteiger partial charge in [0.15, 0.2) is 5.78 Å². The highest BCUT2D eigenvalue weighted by atomic mass is 16.5. The van der Waals surface area contributed by atoms with Crippen LogP contribution in [0.4, 0.5) is 0 Å². The van der Waals surface area contributed by atoms with Crippen LogP contribution in [-0.4, -0.2) is 17.5 Å². The van der Waals surface area contributed by atoms with Gasteiger partial charge in [-0.15, -0.1) is 0 Å².